The molecule has 1 unspecified atom stereocenters. The molecule has 2 N–H and O–H groups in total. The van der Waals surface area contributed by atoms with E-state index in [0.717, 1.165) is 0 Å². The van der Waals surface area contributed by atoms with Gasteiger partial charge in [-0.05, 0) is 19.9 Å². The van der Waals surface area contributed by atoms with Gasteiger partial charge in [-0.1, -0.05) is 0 Å². The number of nitro groups is 1. The Morgan fingerprint density at radius 2 is 2.22 bits per heavy atom. The molecule has 0 saturated heterocycles. The summed E-state index contributed by atoms with van der Waals surface area (Å²) in [7, 11) is 0. The number of rotatable bonds is 7. The van der Waals surface area contributed by atoms with Crippen LogP contribution in [0.4, 0.5) is 11.4 Å². The maximum absolute atomic E-state index is 10.6. The van der Waals surface area contributed by atoms with Crippen LogP contribution in [0.2, 0.25) is 0 Å². The Labute approximate surface area is 106 Å². The molecule has 0 aromatic heterocycles. The zero-order chi connectivity index (χ0) is 13.5. The van der Waals surface area contributed by atoms with Crippen LogP contribution in [-0.4, -0.2) is 24.2 Å². The highest BCUT2D eigenvalue weighted by atomic mass is 16.6. The van der Waals surface area contributed by atoms with Crippen molar-refractivity contribution in [3.63, 3.8) is 0 Å². The summed E-state index contributed by atoms with van der Waals surface area (Å²) in [6.07, 6.45) is -0.0800. The minimum Gasteiger partial charge on any atom is -0.398 e. The third kappa shape index (κ3) is 4.31. The van der Waals surface area contributed by atoms with E-state index in [2.05, 4.69) is 0 Å². The van der Waals surface area contributed by atoms with Gasteiger partial charge in [-0.25, -0.2) is 0 Å². The molecule has 0 amide bonds. The molecule has 0 aliphatic rings. The average molecular weight is 254 g/mol. The monoisotopic (exact) mass is 254 g/mol. The molecular weight excluding hydrogens is 236 g/mol. The van der Waals surface area contributed by atoms with Crippen LogP contribution in [0.5, 0.6) is 0 Å². The smallest absolute Gasteiger partial charge is 0.269 e. The van der Waals surface area contributed by atoms with Gasteiger partial charge in [-0.2, -0.15) is 0 Å². The van der Waals surface area contributed by atoms with E-state index in [9.17, 15) is 10.1 Å². The molecule has 100 valence electrons. The van der Waals surface area contributed by atoms with Gasteiger partial charge >= 0.3 is 0 Å². The highest BCUT2D eigenvalue weighted by Gasteiger charge is 2.10. The van der Waals surface area contributed by atoms with Gasteiger partial charge in [0.05, 0.1) is 24.2 Å². The predicted octanol–water partition coefficient (Wildman–Crippen LogP) is 2.12. The first-order valence-corrected chi connectivity index (χ1v) is 5.76. The topological polar surface area (TPSA) is 87.6 Å². The Balaban J connectivity index is 2.60. The van der Waals surface area contributed by atoms with Gasteiger partial charge in [-0.3, -0.25) is 10.1 Å². The molecule has 0 spiro atoms. The highest BCUT2D eigenvalue weighted by Crippen LogP contribution is 2.20. The molecule has 1 aromatic carbocycles. The molecule has 0 heterocycles. The summed E-state index contributed by atoms with van der Waals surface area (Å²) in [4.78, 5) is 10.2. The van der Waals surface area contributed by atoms with Crippen molar-refractivity contribution in [2.24, 2.45) is 0 Å². The van der Waals surface area contributed by atoms with Crippen molar-refractivity contribution in [1.29, 1.82) is 0 Å². The number of nitrogens with two attached hydrogens (primary N) is 1. The maximum atomic E-state index is 10.6. The van der Waals surface area contributed by atoms with Crippen molar-refractivity contribution in [2.75, 3.05) is 18.9 Å². The van der Waals surface area contributed by atoms with Crippen LogP contribution in [0.3, 0.4) is 0 Å². The lowest BCUT2D eigenvalue weighted by atomic mass is 10.1. The van der Waals surface area contributed by atoms with Crippen molar-refractivity contribution in [3.05, 3.63) is 33.9 Å². The lowest BCUT2D eigenvalue weighted by molar-refractivity contribution is -0.384. The van der Waals surface area contributed by atoms with E-state index in [4.69, 9.17) is 15.2 Å². The fourth-order valence-corrected chi connectivity index (χ4v) is 1.39. The second kappa shape index (κ2) is 6.93. The Bertz CT molecular complexity index is 409. The van der Waals surface area contributed by atoms with E-state index in [1.54, 1.807) is 0 Å². The Morgan fingerprint density at radius 3 is 2.83 bits per heavy atom. The second-order valence-electron chi connectivity index (χ2n) is 3.92. The number of hydrogen-bond acceptors (Lipinski definition) is 5. The van der Waals surface area contributed by atoms with Crippen molar-refractivity contribution in [1.82, 2.24) is 0 Å². The van der Waals surface area contributed by atoms with E-state index in [1.807, 2.05) is 13.8 Å². The molecule has 0 saturated carbocycles. The molecule has 1 atom stereocenters. The molecule has 1 aromatic rings. The van der Waals surface area contributed by atoms with Gasteiger partial charge in [0.15, 0.2) is 0 Å². The molecule has 6 nitrogen and oxygen atoms in total. The van der Waals surface area contributed by atoms with Crippen LogP contribution in [0, 0.1) is 10.1 Å². The van der Waals surface area contributed by atoms with E-state index < -0.39 is 4.92 Å². The van der Waals surface area contributed by atoms with Crippen LogP contribution in [0.25, 0.3) is 0 Å². The summed E-state index contributed by atoms with van der Waals surface area (Å²) < 4.78 is 10.7. The first-order valence-electron chi connectivity index (χ1n) is 5.76. The Morgan fingerprint density at radius 1 is 1.50 bits per heavy atom. The summed E-state index contributed by atoms with van der Waals surface area (Å²) in [5.41, 5.74) is 6.86. The van der Waals surface area contributed by atoms with E-state index in [-0.39, 0.29) is 18.4 Å². The minimum atomic E-state index is -0.452. The largest absolute Gasteiger partial charge is 0.398 e. The summed E-state index contributed by atoms with van der Waals surface area (Å²) >= 11 is 0. The van der Waals surface area contributed by atoms with Crippen LogP contribution >= 0.6 is 0 Å². The fraction of sp³-hybridized carbons (Fsp3) is 0.500. The lowest BCUT2D eigenvalue weighted by Gasteiger charge is -2.13. The van der Waals surface area contributed by atoms with Gasteiger partial charge in [-0.15, -0.1) is 0 Å². The normalized spacial score (nSPS) is 12.3. The molecule has 18 heavy (non-hydrogen) atoms. The Hall–Kier alpha value is -1.66. The van der Waals surface area contributed by atoms with Gasteiger partial charge in [0.2, 0.25) is 0 Å². The zero-order valence-corrected chi connectivity index (χ0v) is 10.6. The molecule has 1 rings (SSSR count). The SMILES string of the molecule is CCOCC(C)OCc1cc([N+](=O)[O-])ccc1N. The second-order valence-corrected chi connectivity index (χ2v) is 3.92. The zero-order valence-electron chi connectivity index (χ0n) is 10.6. The summed E-state index contributed by atoms with van der Waals surface area (Å²) in [6, 6.07) is 4.33. The van der Waals surface area contributed by atoms with E-state index >= 15 is 0 Å². The summed E-state index contributed by atoms with van der Waals surface area (Å²) in [6.45, 7) is 5.15. The number of non-ortho nitro benzene ring substituents is 1. The first kappa shape index (κ1) is 14.4. The quantitative estimate of drug-likeness (QED) is 0.457. The van der Waals surface area contributed by atoms with Crippen molar-refractivity contribution >= 4 is 11.4 Å². The molecule has 0 bridgehead atoms. The van der Waals surface area contributed by atoms with Gasteiger partial charge in [0.1, 0.15) is 0 Å². The molecule has 0 aliphatic carbocycles. The summed E-state index contributed by atoms with van der Waals surface area (Å²) in [5.74, 6) is 0. The Kier molecular flexibility index (Phi) is 5.54. The van der Waals surface area contributed by atoms with Crippen molar-refractivity contribution < 1.29 is 14.4 Å². The molecule has 0 fully saturated rings. The standard InChI is InChI=1S/C12H18N2O4/c1-3-17-7-9(2)18-8-10-6-11(14(15)16)4-5-12(10)13/h4-6,9H,3,7-8,13H2,1-2H3. The average Bonchev–Trinajstić information content (AvgIpc) is 2.35. The van der Waals surface area contributed by atoms with Crippen molar-refractivity contribution in [3.8, 4) is 0 Å². The fourth-order valence-electron chi connectivity index (χ4n) is 1.39. The van der Waals surface area contributed by atoms with Crippen LogP contribution in [-0.2, 0) is 16.1 Å². The number of hydrogen-bond donors (Lipinski definition) is 1. The predicted molar refractivity (Wildman–Crippen MR) is 68.3 cm³/mol. The number of anilines is 1. The van der Waals surface area contributed by atoms with Gasteiger partial charge in [0, 0.05) is 30.0 Å². The van der Waals surface area contributed by atoms with Crippen LogP contribution in [0.1, 0.15) is 19.4 Å². The molecular formula is C12H18N2O4. The van der Waals surface area contributed by atoms with Crippen LogP contribution in [0.15, 0.2) is 18.2 Å². The number of nitrogens with zero attached hydrogens (tertiary/aromatic N) is 1. The number of nitrogen functional groups attached to an aromatic ring is 1. The van der Waals surface area contributed by atoms with Gasteiger partial charge < -0.3 is 15.2 Å². The van der Waals surface area contributed by atoms with E-state index in [1.165, 1.54) is 18.2 Å². The minimum absolute atomic E-state index is 0.0141. The maximum Gasteiger partial charge on any atom is 0.269 e. The molecule has 0 radical (unpaired) electrons. The highest BCUT2D eigenvalue weighted by molar-refractivity contribution is 5.52. The number of nitro benzene ring substituents is 1. The third-order valence-electron chi connectivity index (χ3n) is 2.42. The van der Waals surface area contributed by atoms with Crippen LogP contribution < -0.4 is 5.73 Å². The molecule has 6 heteroatoms. The number of ether oxygens (including phenoxy) is 2. The molecule has 0 aliphatic heterocycles. The van der Waals surface area contributed by atoms with Crippen molar-refractivity contribution in [2.45, 2.75) is 26.6 Å². The number of benzene rings is 1. The first-order chi connectivity index (χ1) is 8.54. The lowest BCUT2D eigenvalue weighted by Crippen LogP contribution is -2.16. The third-order valence-corrected chi connectivity index (χ3v) is 2.42. The van der Waals surface area contributed by atoms with Gasteiger partial charge in [0.25, 0.3) is 5.69 Å². The van der Waals surface area contributed by atoms with E-state index in [0.29, 0.717) is 24.5 Å². The summed E-state index contributed by atoms with van der Waals surface area (Å²) in [5, 5.41) is 10.6.